The first-order valence-electron chi connectivity index (χ1n) is 4.47. The average Bonchev–Trinajstić information content (AvgIpc) is 2.11. The van der Waals surface area contributed by atoms with Crippen LogP contribution in [0.3, 0.4) is 0 Å². The van der Waals surface area contributed by atoms with E-state index in [4.69, 9.17) is 5.73 Å². The smallest absolute Gasteiger partial charge is 0.161 e. The number of nitrogens with two attached hydrogens (primary N) is 1. The first-order chi connectivity index (χ1) is 6.56. The molecule has 0 amide bonds. The highest BCUT2D eigenvalue weighted by atomic mass is 79.9. The molecule has 4 heteroatoms. The van der Waals surface area contributed by atoms with Crippen molar-refractivity contribution in [3.05, 3.63) is 22.2 Å². The standard InChI is InChI=1S/C10H14BrNO2/c1-6(2-3-12)8-4-7(11)5-9(13)10(8)14/h4-6,13-14H,2-3,12H2,1H3. The van der Waals surface area contributed by atoms with Crippen molar-refractivity contribution in [2.24, 2.45) is 5.73 Å². The number of rotatable bonds is 3. The predicted molar refractivity (Wildman–Crippen MR) is 59.6 cm³/mol. The molecular formula is C10H14BrNO2. The lowest BCUT2D eigenvalue weighted by molar-refractivity contribution is 0.395. The van der Waals surface area contributed by atoms with Crippen LogP contribution in [0.25, 0.3) is 0 Å². The van der Waals surface area contributed by atoms with Gasteiger partial charge in [-0.2, -0.15) is 0 Å². The van der Waals surface area contributed by atoms with Crippen LogP contribution in [-0.2, 0) is 0 Å². The molecule has 14 heavy (non-hydrogen) atoms. The van der Waals surface area contributed by atoms with Gasteiger partial charge in [-0.25, -0.2) is 0 Å². The first kappa shape index (κ1) is 11.3. The minimum Gasteiger partial charge on any atom is -0.504 e. The Morgan fingerprint density at radius 2 is 2.07 bits per heavy atom. The summed E-state index contributed by atoms with van der Waals surface area (Å²) in [6, 6.07) is 3.27. The molecule has 0 aliphatic rings. The lowest BCUT2D eigenvalue weighted by Crippen LogP contribution is -2.04. The van der Waals surface area contributed by atoms with Crippen molar-refractivity contribution in [2.45, 2.75) is 19.3 Å². The van der Waals surface area contributed by atoms with Gasteiger partial charge in [-0.1, -0.05) is 22.9 Å². The zero-order valence-corrected chi connectivity index (χ0v) is 9.58. The van der Waals surface area contributed by atoms with Crippen LogP contribution in [0.1, 0.15) is 24.8 Å². The minimum atomic E-state index is -0.0988. The molecule has 0 aromatic heterocycles. The predicted octanol–water partition coefficient (Wildman–Crippen LogP) is 2.31. The fourth-order valence-corrected chi connectivity index (χ4v) is 1.85. The van der Waals surface area contributed by atoms with Crippen molar-refractivity contribution in [1.29, 1.82) is 0 Å². The van der Waals surface area contributed by atoms with Crippen LogP contribution in [0.5, 0.6) is 11.5 Å². The van der Waals surface area contributed by atoms with E-state index in [2.05, 4.69) is 15.9 Å². The Labute approximate surface area is 91.7 Å². The Balaban J connectivity index is 3.07. The van der Waals surface area contributed by atoms with Crippen molar-refractivity contribution in [1.82, 2.24) is 0 Å². The molecule has 1 aromatic rings. The minimum absolute atomic E-state index is 0.0471. The molecule has 1 atom stereocenters. The molecule has 0 saturated carbocycles. The van der Waals surface area contributed by atoms with Crippen molar-refractivity contribution < 1.29 is 10.2 Å². The molecule has 78 valence electrons. The molecule has 0 radical (unpaired) electrons. The molecule has 0 spiro atoms. The summed E-state index contributed by atoms with van der Waals surface area (Å²) in [4.78, 5) is 0. The molecule has 0 fully saturated rings. The summed E-state index contributed by atoms with van der Waals surface area (Å²) in [5, 5.41) is 19.0. The zero-order chi connectivity index (χ0) is 10.7. The second-order valence-electron chi connectivity index (χ2n) is 3.34. The number of halogens is 1. The molecule has 0 heterocycles. The second-order valence-corrected chi connectivity index (χ2v) is 4.26. The summed E-state index contributed by atoms with van der Waals surface area (Å²) < 4.78 is 0.756. The molecule has 1 rings (SSSR count). The number of benzene rings is 1. The fourth-order valence-electron chi connectivity index (χ4n) is 1.39. The molecule has 3 nitrogen and oxygen atoms in total. The van der Waals surface area contributed by atoms with Gasteiger partial charge in [0.05, 0.1) is 0 Å². The van der Waals surface area contributed by atoms with Crippen LogP contribution < -0.4 is 5.73 Å². The van der Waals surface area contributed by atoms with Crippen LogP contribution >= 0.6 is 15.9 Å². The Kier molecular flexibility index (Phi) is 3.77. The van der Waals surface area contributed by atoms with E-state index in [9.17, 15) is 10.2 Å². The van der Waals surface area contributed by atoms with Gasteiger partial charge in [0.25, 0.3) is 0 Å². The highest BCUT2D eigenvalue weighted by Crippen LogP contribution is 2.37. The second kappa shape index (κ2) is 4.66. The van der Waals surface area contributed by atoms with Crippen LogP contribution in [0.2, 0.25) is 0 Å². The number of phenols is 2. The summed E-state index contributed by atoms with van der Waals surface area (Å²) >= 11 is 3.26. The maximum Gasteiger partial charge on any atom is 0.161 e. The SMILES string of the molecule is CC(CCN)c1cc(Br)cc(O)c1O. The van der Waals surface area contributed by atoms with Gasteiger partial charge in [0.1, 0.15) is 0 Å². The molecule has 1 unspecified atom stereocenters. The summed E-state index contributed by atoms with van der Waals surface area (Å²) in [7, 11) is 0. The summed E-state index contributed by atoms with van der Waals surface area (Å²) in [5.74, 6) is -0.00389. The molecule has 0 aliphatic carbocycles. The third kappa shape index (κ3) is 2.39. The molecular weight excluding hydrogens is 246 g/mol. The maximum absolute atomic E-state index is 9.61. The maximum atomic E-state index is 9.61. The van der Waals surface area contributed by atoms with Crippen LogP contribution in [0.4, 0.5) is 0 Å². The van der Waals surface area contributed by atoms with Crippen molar-refractivity contribution in [3.63, 3.8) is 0 Å². The highest BCUT2D eigenvalue weighted by Gasteiger charge is 2.13. The van der Waals surface area contributed by atoms with Gasteiger partial charge in [0.15, 0.2) is 11.5 Å². The average molecular weight is 260 g/mol. The number of phenolic OH excluding ortho intramolecular Hbond substituents is 2. The third-order valence-corrected chi connectivity index (χ3v) is 2.67. The fraction of sp³-hybridized carbons (Fsp3) is 0.400. The van der Waals surface area contributed by atoms with Gasteiger partial charge in [-0.15, -0.1) is 0 Å². The Hall–Kier alpha value is -0.740. The van der Waals surface area contributed by atoms with E-state index in [1.165, 1.54) is 6.07 Å². The van der Waals surface area contributed by atoms with E-state index in [0.29, 0.717) is 6.54 Å². The third-order valence-electron chi connectivity index (χ3n) is 2.21. The van der Waals surface area contributed by atoms with E-state index >= 15 is 0 Å². The number of hydrogen-bond acceptors (Lipinski definition) is 3. The van der Waals surface area contributed by atoms with Gasteiger partial charge < -0.3 is 15.9 Å². The van der Waals surface area contributed by atoms with Crippen LogP contribution in [0, 0.1) is 0 Å². The molecule has 0 aliphatic heterocycles. The Morgan fingerprint density at radius 3 is 2.64 bits per heavy atom. The van der Waals surface area contributed by atoms with E-state index in [0.717, 1.165) is 16.5 Å². The molecule has 0 bridgehead atoms. The van der Waals surface area contributed by atoms with E-state index in [-0.39, 0.29) is 17.4 Å². The first-order valence-corrected chi connectivity index (χ1v) is 5.27. The summed E-state index contributed by atoms with van der Waals surface area (Å²) in [5.41, 5.74) is 6.16. The Morgan fingerprint density at radius 1 is 1.43 bits per heavy atom. The van der Waals surface area contributed by atoms with Gasteiger partial charge in [-0.05, 0) is 31.0 Å². The molecule has 0 saturated heterocycles. The largest absolute Gasteiger partial charge is 0.504 e. The van der Waals surface area contributed by atoms with Gasteiger partial charge in [0, 0.05) is 10.0 Å². The summed E-state index contributed by atoms with van der Waals surface area (Å²) in [6.07, 6.45) is 0.781. The number of hydrogen-bond donors (Lipinski definition) is 3. The van der Waals surface area contributed by atoms with E-state index < -0.39 is 0 Å². The topological polar surface area (TPSA) is 66.5 Å². The summed E-state index contributed by atoms with van der Waals surface area (Å²) in [6.45, 7) is 2.53. The van der Waals surface area contributed by atoms with E-state index in [1.54, 1.807) is 6.07 Å². The van der Waals surface area contributed by atoms with Crippen LogP contribution in [-0.4, -0.2) is 16.8 Å². The normalized spacial score (nSPS) is 12.8. The van der Waals surface area contributed by atoms with Crippen molar-refractivity contribution >= 4 is 15.9 Å². The highest BCUT2D eigenvalue weighted by molar-refractivity contribution is 9.10. The van der Waals surface area contributed by atoms with Gasteiger partial charge in [0.2, 0.25) is 0 Å². The molecule has 1 aromatic carbocycles. The van der Waals surface area contributed by atoms with Crippen LogP contribution in [0.15, 0.2) is 16.6 Å². The Bertz CT molecular complexity index is 328. The van der Waals surface area contributed by atoms with Gasteiger partial charge >= 0.3 is 0 Å². The lowest BCUT2D eigenvalue weighted by atomic mass is 9.96. The van der Waals surface area contributed by atoms with Gasteiger partial charge in [-0.3, -0.25) is 0 Å². The molecule has 4 N–H and O–H groups in total. The van der Waals surface area contributed by atoms with E-state index in [1.807, 2.05) is 6.92 Å². The quantitative estimate of drug-likeness (QED) is 0.730. The zero-order valence-electron chi connectivity index (χ0n) is 8.00. The number of aromatic hydroxyl groups is 2. The lowest BCUT2D eigenvalue weighted by Gasteiger charge is -2.13. The monoisotopic (exact) mass is 259 g/mol. The van der Waals surface area contributed by atoms with Crippen molar-refractivity contribution in [3.8, 4) is 11.5 Å². The van der Waals surface area contributed by atoms with Crippen molar-refractivity contribution in [2.75, 3.05) is 6.54 Å².